The summed E-state index contributed by atoms with van der Waals surface area (Å²) in [4.78, 5) is 12.3. The van der Waals surface area contributed by atoms with E-state index >= 15 is 0 Å². The van der Waals surface area contributed by atoms with E-state index in [2.05, 4.69) is 15.9 Å². The van der Waals surface area contributed by atoms with Crippen LogP contribution >= 0.6 is 27.5 Å². The first-order chi connectivity index (χ1) is 10.4. The van der Waals surface area contributed by atoms with E-state index in [1.165, 1.54) is 6.07 Å². The fraction of sp³-hybridized carbons (Fsp3) is 0.118. The molecular formula is C17H12BrClO3. The molecule has 1 heterocycles. The monoisotopic (exact) mass is 378 g/mol. The van der Waals surface area contributed by atoms with Crippen LogP contribution in [0.5, 0.6) is 5.75 Å². The zero-order chi connectivity index (χ0) is 16.0. The summed E-state index contributed by atoms with van der Waals surface area (Å²) in [5.74, 6) is 0.701. The van der Waals surface area contributed by atoms with Gasteiger partial charge in [-0.15, -0.1) is 0 Å². The van der Waals surface area contributed by atoms with Crippen molar-refractivity contribution in [2.24, 2.45) is 0 Å². The molecule has 0 aliphatic rings. The minimum Gasteiger partial charge on any atom is -0.507 e. The number of rotatable bonds is 1. The lowest BCUT2D eigenvalue weighted by molar-refractivity contribution is 0.467. The van der Waals surface area contributed by atoms with Gasteiger partial charge in [0.25, 0.3) is 0 Å². The van der Waals surface area contributed by atoms with Crippen molar-refractivity contribution < 1.29 is 9.52 Å². The van der Waals surface area contributed by atoms with Gasteiger partial charge >= 0.3 is 0 Å². The third-order valence-corrected chi connectivity index (χ3v) is 4.33. The number of hydrogen-bond acceptors (Lipinski definition) is 3. The number of halogens is 2. The zero-order valence-electron chi connectivity index (χ0n) is 11.9. The van der Waals surface area contributed by atoms with Crippen LogP contribution in [0.15, 0.2) is 44.0 Å². The van der Waals surface area contributed by atoms with Crippen LogP contribution in [0.1, 0.15) is 11.1 Å². The van der Waals surface area contributed by atoms with Gasteiger partial charge in [0.1, 0.15) is 11.5 Å². The smallest absolute Gasteiger partial charge is 0.193 e. The van der Waals surface area contributed by atoms with Gasteiger partial charge in [-0.1, -0.05) is 11.6 Å². The zero-order valence-corrected chi connectivity index (χ0v) is 14.2. The maximum Gasteiger partial charge on any atom is 0.193 e. The minimum absolute atomic E-state index is 0.164. The average Bonchev–Trinajstić information content (AvgIpc) is 2.45. The molecule has 0 amide bonds. The quantitative estimate of drug-likeness (QED) is 0.632. The molecule has 112 valence electrons. The first-order valence-electron chi connectivity index (χ1n) is 6.60. The molecule has 0 fully saturated rings. The average molecular weight is 380 g/mol. The van der Waals surface area contributed by atoms with E-state index in [0.717, 1.165) is 16.7 Å². The fourth-order valence-electron chi connectivity index (χ4n) is 2.42. The third-order valence-electron chi connectivity index (χ3n) is 3.52. The maximum absolute atomic E-state index is 12.3. The van der Waals surface area contributed by atoms with E-state index in [-0.39, 0.29) is 11.2 Å². The summed E-state index contributed by atoms with van der Waals surface area (Å²) in [6.45, 7) is 3.61. The lowest BCUT2D eigenvalue weighted by atomic mass is 10.0. The summed E-state index contributed by atoms with van der Waals surface area (Å²) >= 11 is 9.35. The molecule has 3 nitrogen and oxygen atoms in total. The molecule has 3 rings (SSSR count). The molecule has 0 saturated heterocycles. The van der Waals surface area contributed by atoms with E-state index in [1.807, 2.05) is 0 Å². The van der Waals surface area contributed by atoms with E-state index in [1.54, 1.807) is 38.1 Å². The molecule has 1 aromatic heterocycles. The molecule has 0 atom stereocenters. The Labute approximate surface area is 140 Å². The Balaban J connectivity index is 2.31. The maximum atomic E-state index is 12.3. The number of phenols is 1. The lowest BCUT2D eigenvalue weighted by Crippen LogP contribution is -2.01. The summed E-state index contributed by atoms with van der Waals surface area (Å²) in [6.07, 6.45) is 0. The first-order valence-corrected chi connectivity index (χ1v) is 7.77. The molecule has 0 bridgehead atoms. The Morgan fingerprint density at radius 3 is 2.36 bits per heavy atom. The van der Waals surface area contributed by atoms with E-state index < -0.39 is 0 Å². The Hall–Kier alpha value is -1.78. The van der Waals surface area contributed by atoms with Gasteiger partial charge in [0.2, 0.25) is 0 Å². The molecule has 0 radical (unpaired) electrons. The van der Waals surface area contributed by atoms with Crippen LogP contribution in [0.25, 0.3) is 22.3 Å². The van der Waals surface area contributed by atoms with Crippen LogP contribution in [-0.2, 0) is 0 Å². The van der Waals surface area contributed by atoms with E-state index in [0.29, 0.717) is 26.2 Å². The van der Waals surface area contributed by atoms with Gasteiger partial charge < -0.3 is 9.52 Å². The highest BCUT2D eigenvalue weighted by Gasteiger charge is 2.12. The highest BCUT2D eigenvalue weighted by atomic mass is 79.9. The Bertz CT molecular complexity index is 937. The molecule has 0 unspecified atom stereocenters. The molecule has 0 aliphatic carbocycles. The van der Waals surface area contributed by atoms with Gasteiger partial charge in [-0.3, -0.25) is 4.79 Å². The van der Waals surface area contributed by atoms with Gasteiger partial charge in [0, 0.05) is 16.7 Å². The van der Waals surface area contributed by atoms with Crippen molar-refractivity contribution in [2.75, 3.05) is 0 Å². The van der Waals surface area contributed by atoms with Crippen molar-refractivity contribution >= 4 is 38.5 Å². The van der Waals surface area contributed by atoms with Crippen LogP contribution in [0, 0.1) is 13.8 Å². The van der Waals surface area contributed by atoms with Crippen molar-refractivity contribution in [1.29, 1.82) is 0 Å². The molecule has 0 spiro atoms. The minimum atomic E-state index is -0.164. The van der Waals surface area contributed by atoms with Gasteiger partial charge in [0.05, 0.1) is 9.86 Å². The van der Waals surface area contributed by atoms with Crippen LogP contribution < -0.4 is 5.43 Å². The molecule has 0 saturated carbocycles. The summed E-state index contributed by atoms with van der Waals surface area (Å²) in [5.41, 5.74) is 2.49. The second-order valence-corrected chi connectivity index (χ2v) is 6.49. The van der Waals surface area contributed by atoms with Crippen LogP contribution in [0.3, 0.4) is 0 Å². The molecule has 5 heteroatoms. The van der Waals surface area contributed by atoms with Crippen LogP contribution in [-0.4, -0.2) is 5.11 Å². The van der Waals surface area contributed by atoms with Crippen LogP contribution in [0.2, 0.25) is 5.02 Å². The van der Waals surface area contributed by atoms with Gasteiger partial charge in [-0.05, 0) is 65.2 Å². The van der Waals surface area contributed by atoms with E-state index in [9.17, 15) is 9.90 Å². The molecule has 2 aromatic carbocycles. The summed E-state index contributed by atoms with van der Waals surface area (Å²) in [7, 11) is 0. The Morgan fingerprint density at radius 1 is 1.09 bits per heavy atom. The van der Waals surface area contributed by atoms with Crippen molar-refractivity contribution in [3.8, 4) is 17.1 Å². The Kier molecular flexibility index (Phi) is 3.75. The third kappa shape index (κ3) is 2.53. The normalized spacial score (nSPS) is 11.1. The summed E-state index contributed by atoms with van der Waals surface area (Å²) < 4.78 is 6.50. The van der Waals surface area contributed by atoms with Gasteiger partial charge in [-0.2, -0.15) is 0 Å². The number of benzene rings is 2. The number of phenolic OH excluding ortho intramolecular Hbond substituents is 1. The molecule has 3 aromatic rings. The predicted molar refractivity (Wildman–Crippen MR) is 91.8 cm³/mol. The highest BCUT2D eigenvalue weighted by Crippen LogP contribution is 2.32. The molecular weight excluding hydrogens is 368 g/mol. The second kappa shape index (κ2) is 5.45. The van der Waals surface area contributed by atoms with Crippen molar-refractivity contribution in [3.05, 3.63) is 61.2 Å². The number of fused-ring (bicyclic) bond motifs is 1. The SMILES string of the molecule is Cc1cc(-c2cc(=O)c3cc(Cl)cc(Br)c3o2)cc(C)c1O. The van der Waals surface area contributed by atoms with Gasteiger partial charge in [0.15, 0.2) is 11.0 Å². The molecule has 22 heavy (non-hydrogen) atoms. The number of aryl methyl sites for hydroxylation is 2. The standard InChI is InChI=1S/C17H12BrClO3/c1-8-3-10(4-9(2)16(8)21)15-7-14(20)12-5-11(19)6-13(18)17(12)22-15/h3-7,21H,1-2H3. The summed E-state index contributed by atoms with van der Waals surface area (Å²) in [5, 5.41) is 10.8. The number of hydrogen-bond donors (Lipinski definition) is 1. The van der Waals surface area contributed by atoms with Gasteiger partial charge in [-0.25, -0.2) is 0 Å². The van der Waals surface area contributed by atoms with E-state index in [4.69, 9.17) is 16.0 Å². The predicted octanol–water partition coefficient (Wildman–Crippen LogP) is 5.20. The first kappa shape index (κ1) is 15.1. The topological polar surface area (TPSA) is 50.4 Å². The fourth-order valence-corrected chi connectivity index (χ4v) is 3.31. The van der Waals surface area contributed by atoms with Crippen LogP contribution in [0.4, 0.5) is 0 Å². The highest BCUT2D eigenvalue weighted by molar-refractivity contribution is 9.10. The summed E-state index contributed by atoms with van der Waals surface area (Å²) in [6, 6.07) is 8.29. The largest absolute Gasteiger partial charge is 0.507 e. The second-order valence-electron chi connectivity index (χ2n) is 5.20. The molecule has 0 aliphatic heterocycles. The Morgan fingerprint density at radius 2 is 1.73 bits per heavy atom. The number of aromatic hydroxyl groups is 1. The van der Waals surface area contributed by atoms with Crippen molar-refractivity contribution in [2.45, 2.75) is 13.8 Å². The lowest BCUT2D eigenvalue weighted by Gasteiger charge is -2.09. The van der Waals surface area contributed by atoms with Crippen molar-refractivity contribution in [3.63, 3.8) is 0 Å². The molecule has 1 N–H and O–H groups in total. The van der Waals surface area contributed by atoms with Crippen molar-refractivity contribution in [1.82, 2.24) is 0 Å².